The van der Waals surface area contributed by atoms with Crippen LogP contribution in [-0.2, 0) is 0 Å². The van der Waals surface area contributed by atoms with Crippen molar-refractivity contribution in [2.24, 2.45) is 5.73 Å². The van der Waals surface area contributed by atoms with Crippen molar-refractivity contribution in [3.63, 3.8) is 0 Å². The molecule has 142 valence electrons. The van der Waals surface area contributed by atoms with E-state index in [9.17, 15) is 4.79 Å². The number of urea groups is 1. The number of hydrogen-bond acceptors (Lipinski definition) is 4. The zero-order chi connectivity index (χ0) is 18.1. The lowest BCUT2D eigenvalue weighted by Gasteiger charge is -2.37. The van der Waals surface area contributed by atoms with Gasteiger partial charge in [0.2, 0.25) is 0 Å². The van der Waals surface area contributed by atoms with Gasteiger partial charge in [0.05, 0.1) is 10.5 Å². The Bertz CT molecular complexity index is 788. The SMILES string of the molecule is C[C@H](N)c1cc2cccc(Cl)c2nc1N1CCN(C(=O)N(C)C)CC1.Cl. The first-order valence-electron chi connectivity index (χ1n) is 8.44. The van der Waals surface area contributed by atoms with E-state index in [2.05, 4.69) is 11.0 Å². The molecule has 1 atom stereocenters. The van der Waals surface area contributed by atoms with Gasteiger partial charge in [-0.1, -0.05) is 23.7 Å². The summed E-state index contributed by atoms with van der Waals surface area (Å²) < 4.78 is 0. The van der Waals surface area contributed by atoms with Gasteiger partial charge in [-0.05, 0) is 19.1 Å². The molecule has 0 bridgehead atoms. The zero-order valence-electron chi connectivity index (χ0n) is 15.3. The maximum atomic E-state index is 12.1. The Morgan fingerprint density at radius 3 is 2.50 bits per heavy atom. The van der Waals surface area contributed by atoms with Crippen LogP contribution in [0, 0.1) is 0 Å². The van der Waals surface area contributed by atoms with Gasteiger partial charge in [0.25, 0.3) is 0 Å². The number of fused-ring (bicyclic) bond motifs is 1. The van der Waals surface area contributed by atoms with E-state index in [0.29, 0.717) is 18.1 Å². The maximum absolute atomic E-state index is 12.1. The van der Waals surface area contributed by atoms with Crippen molar-refractivity contribution < 1.29 is 4.79 Å². The second kappa shape index (κ2) is 8.29. The monoisotopic (exact) mass is 397 g/mol. The minimum absolute atomic E-state index is 0. The molecule has 0 aliphatic carbocycles. The first-order chi connectivity index (χ1) is 11.9. The lowest BCUT2D eigenvalue weighted by molar-refractivity contribution is 0.168. The number of hydrogen-bond donors (Lipinski definition) is 1. The maximum Gasteiger partial charge on any atom is 0.319 e. The highest BCUT2D eigenvalue weighted by molar-refractivity contribution is 6.35. The molecule has 2 aromatic rings. The first kappa shape index (κ1) is 20.6. The average molecular weight is 398 g/mol. The Kier molecular flexibility index (Phi) is 6.55. The molecule has 0 unspecified atom stereocenters. The molecule has 2 heterocycles. The van der Waals surface area contributed by atoms with Gasteiger partial charge in [-0.3, -0.25) is 0 Å². The van der Waals surface area contributed by atoms with Crippen LogP contribution in [0.2, 0.25) is 5.02 Å². The van der Waals surface area contributed by atoms with Crippen LogP contribution < -0.4 is 10.6 Å². The van der Waals surface area contributed by atoms with Crippen LogP contribution in [0.5, 0.6) is 0 Å². The van der Waals surface area contributed by atoms with Gasteiger partial charge < -0.3 is 20.4 Å². The molecular formula is C18H25Cl2N5O. The van der Waals surface area contributed by atoms with Crippen molar-refractivity contribution in [1.29, 1.82) is 0 Å². The number of rotatable bonds is 2. The third-order valence-electron chi connectivity index (χ3n) is 4.53. The Morgan fingerprint density at radius 2 is 1.92 bits per heavy atom. The van der Waals surface area contributed by atoms with Gasteiger partial charge in [-0.15, -0.1) is 12.4 Å². The number of anilines is 1. The van der Waals surface area contributed by atoms with E-state index in [0.717, 1.165) is 35.4 Å². The van der Waals surface area contributed by atoms with E-state index in [1.807, 2.05) is 30.0 Å². The molecule has 1 aliphatic rings. The second-order valence-corrected chi connectivity index (χ2v) is 7.06. The lowest BCUT2D eigenvalue weighted by atomic mass is 10.1. The van der Waals surface area contributed by atoms with Crippen LogP contribution in [0.15, 0.2) is 24.3 Å². The lowest BCUT2D eigenvalue weighted by Crippen LogP contribution is -2.52. The van der Waals surface area contributed by atoms with Crippen LogP contribution >= 0.6 is 24.0 Å². The number of pyridine rings is 1. The zero-order valence-corrected chi connectivity index (χ0v) is 16.8. The van der Waals surface area contributed by atoms with Crippen molar-refractivity contribution in [3.05, 3.63) is 34.9 Å². The molecule has 1 fully saturated rings. The standard InChI is InChI=1S/C18H24ClN5O.ClH/c1-12(20)14-11-13-5-4-6-15(19)16(13)21-17(14)23-7-9-24(10-8-23)18(25)22(2)3;/h4-6,11-12H,7-10,20H2,1-3H3;1H/t12-;/m0./s1. The number of para-hydroxylation sites is 1. The van der Waals surface area contributed by atoms with Crippen LogP contribution in [0.3, 0.4) is 0 Å². The fraction of sp³-hybridized carbons (Fsp3) is 0.444. The molecule has 0 radical (unpaired) electrons. The number of aromatic nitrogens is 1. The van der Waals surface area contributed by atoms with E-state index < -0.39 is 0 Å². The van der Waals surface area contributed by atoms with Crippen LogP contribution in [0.4, 0.5) is 10.6 Å². The summed E-state index contributed by atoms with van der Waals surface area (Å²) in [4.78, 5) is 22.6. The second-order valence-electron chi connectivity index (χ2n) is 6.65. The molecule has 2 amide bonds. The quantitative estimate of drug-likeness (QED) is 0.844. The van der Waals surface area contributed by atoms with Gasteiger partial charge in [-0.2, -0.15) is 0 Å². The predicted octanol–water partition coefficient (Wildman–Crippen LogP) is 3.13. The van der Waals surface area contributed by atoms with E-state index in [1.165, 1.54) is 0 Å². The molecule has 0 saturated carbocycles. The molecular weight excluding hydrogens is 373 g/mol. The van der Waals surface area contributed by atoms with Crippen LogP contribution in [0.1, 0.15) is 18.5 Å². The molecule has 26 heavy (non-hydrogen) atoms. The highest BCUT2D eigenvalue weighted by Crippen LogP contribution is 2.31. The van der Waals surface area contributed by atoms with Gasteiger partial charge in [0, 0.05) is 57.3 Å². The highest BCUT2D eigenvalue weighted by Gasteiger charge is 2.25. The van der Waals surface area contributed by atoms with E-state index >= 15 is 0 Å². The van der Waals surface area contributed by atoms with Crippen molar-refractivity contribution in [3.8, 4) is 0 Å². The van der Waals surface area contributed by atoms with Gasteiger partial charge in [0.15, 0.2) is 0 Å². The van der Waals surface area contributed by atoms with E-state index in [1.54, 1.807) is 19.0 Å². The predicted molar refractivity (Wildman–Crippen MR) is 109 cm³/mol. The summed E-state index contributed by atoms with van der Waals surface area (Å²) in [5.41, 5.74) is 7.98. The molecule has 3 rings (SSSR count). The minimum atomic E-state index is -0.132. The van der Waals surface area contributed by atoms with Crippen molar-refractivity contribution >= 4 is 46.8 Å². The Morgan fingerprint density at radius 1 is 1.27 bits per heavy atom. The molecule has 0 spiro atoms. The Labute approximate surface area is 165 Å². The summed E-state index contributed by atoms with van der Waals surface area (Å²) >= 11 is 6.33. The summed E-state index contributed by atoms with van der Waals surface area (Å²) in [6, 6.07) is 7.75. The number of carbonyl (C=O) groups is 1. The first-order valence-corrected chi connectivity index (χ1v) is 8.82. The van der Waals surface area contributed by atoms with E-state index in [-0.39, 0.29) is 24.5 Å². The number of halogens is 2. The number of carbonyl (C=O) groups excluding carboxylic acids is 1. The highest BCUT2D eigenvalue weighted by atomic mass is 35.5. The fourth-order valence-electron chi connectivity index (χ4n) is 3.15. The number of piperazine rings is 1. The molecule has 1 aromatic carbocycles. The Balaban J connectivity index is 0.00000243. The number of nitrogens with zero attached hydrogens (tertiary/aromatic N) is 4. The van der Waals surface area contributed by atoms with Crippen molar-refractivity contribution in [1.82, 2.24) is 14.8 Å². The molecule has 8 heteroatoms. The summed E-state index contributed by atoms with van der Waals surface area (Å²) in [5.74, 6) is 0.868. The van der Waals surface area contributed by atoms with Gasteiger partial charge in [-0.25, -0.2) is 9.78 Å². The van der Waals surface area contributed by atoms with E-state index in [4.69, 9.17) is 22.3 Å². The fourth-order valence-corrected chi connectivity index (χ4v) is 3.37. The third kappa shape index (κ3) is 3.98. The molecule has 1 aromatic heterocycles. The van der Waals surface area contributed by atoms with Crippen molar-refractivity contribution in [2.45, 2.75) is 13.0 Å². The normalized spacial score (nSPS) is 15.6. The largest absolute Gasteiger partial charge is 0.353 e. The Hall–Kier alpha value is -1.76. The minimum Gasteiger partial charge on any atom is -0.353 e. The third-order valence-corrected chi connectivity index (χ3v) is 4.83. The van der Waals surface area contributed by atoms with Crippen molar-refractivity contribution in [2.75, 3.05) is 45.2 Å². The molecule has 6 nitrogen and oxygen atoms in total. The molecule has 1 saturated heterocycles. The summed E-state index contributed by atoms with van der Waals surface area (Å²) in [7, 11) is 3.55. The van der Waals surface area contributed by atoms with Crippen LogP contribution in [-0.4, -0.2) is 61.1 Å². The smallest absolute Gasteiger partial charge is 0.319 e. The molecule has 2 N–H and O–H groups in total. The summed E-state index contributed by atoms with van der Waals surface area (Å²) in [5, 5.41) is 1.63. The van der Waals surface area contributed by atoms with Crippen LogP contribution in [0.25, 0.3) is 10.9 Å². The summed E-state index contributed by atoms with van der Waals surface area (Å²) in [6.45, 7) is 4.74. The topological polar surface area (TPSA) is 65.7 Å². The van der Waals surface area contributed by atoms with Gasteiger partial charge >= 0.3 is 6.03 Å². The summed E-state index contributed by atoms with van der Waals surface area (Å²) in [6.07, 6.45) is 0. The number of benzene rings is 1. The average Bonchev–Trinajstić information content (AvgIpc) is 2.60. The number of nitrogens with two attached hydrogens (primary N) is 1. The number of amides is 2. The van der Waals surface area contributed by atoms with Gasteiger partial charge in [0.1, 0.15) is 5.82 Å². The molecule has 1 aliphatic heterocycles.